The molecule has 82 valence electrons. The molecule has 1 saturated heterocycles. The molecule has 2 atom stereocenters. The fourth-order valence-corrected chi connectivity index (χ4v) is 4.29. The second-order valence-electron chi connectivity index (χ2n) is 4.84. The summed E-state index contributed by atoms with van der Waals surface area (Å²) in [6.07, 6.45) is 5.86. The molecule has 1 saturated carbocycles. The number of hydrogen-bond acceptors (Lipinski definition) is 3. The van der Waals surface area contributed by atoms with E-state index < -0.39 is 0 Å². The Hall–Kier alpha value is 0.270. The van der Waals surface area contributed by atoms with Gasteiger partial charge in [-0.15, -0.1) is 0 Å². The van der Waals surface area contributed by atoms with Crippen molar-refractivity contribution in [3.8, 4) is 0 Å². The Labute approximate surface area is 90.6 Å². The highest BCUT2D eigenvalue weighted by molar-refractivity contribution is 7.99. The normalized spacial score (nSPS) is 33.4. The first kappa shape index (κ1) is 10.8. The Morgan fingerprint density at radius 1 is 1.43 bits per heavy atom. The number of hydrogen-bond donors (Lipinski definition) is 2. The van der Waals surface area contributed by atoms with Gasteiger partial charge in [0.15, 0.2) is 0 Å². The quantitative estimate of drug-likeness (QED) is 0.752. The van der Waals surface area contributed by atoms with Crippen molar-refractivity contribution in [2.45, 2.75) is 38.2 Å². The van der Waals surface area contributed by atoms with Crippen molar-refractivity contribution < 1.29 is 5.11 Å². The molecule has 0 radical (unpaired) electrons. The van der Waals surface area contributed by atoms with E-state index in [1.807, 2.05) is 11.8 Å². The molecular weight excluding hydrogens is 194 g/mol. The van der Waals surface area contributed by atoms with Gasteiger partial charge in [0.2, 0.25) is 0 Å². The summed E-state index contributed by atoms with van der Waals surface area (Å²) in [4.78, 5) is 0. The third-order valence-corrected chi connectivity index (χ3v) is 5.23. The maximum absolute atomic E-state index is 10.4. The minimum atomic E-state index is -0.134. The lowest BCUT2D eigenvalue weighted by Gasteiger charge is -2.36. The van der Waals surface area contributed by atoms with Crippen LogP contribution in [0.15, 0.2) is 0 Å². The van der Waals surface area contributed by atoms with Crippen LogP contribution in [0.4, 0.5) is 0 Å². The fraction of sp³-hybridized carbons (Fsp3) is 1.00. The van der Waals surface area contributed by atoms with Gasteiger partial charge >= 0.3 is 0 Å². The predicted octanol–water partition coefficient (Wildman–Crippen LogP) is 1.62. The molecule has 3 N–H and O–H groups in total. The van der Waals surface area contributed by atoms with Crippen LogP contribution in [-0.4, -0.2) is 29.3 Å². The lowest BCUT2D eigenvalue weighted by Crippen LogP contribution is -2.44. The Morgan fingerprint density at radius 2 is 2.14 bits per heavy atom. The molecule has 1 aliphatic carbocycles. The third kappa shape index (κ3) is 1.82. The van der Waals surface area contributed by atoms with Crippen LogP contribution in [0.1, 0.15) is 32.1 Å². The standard InChI is InChI=1S/C11H21NOS/c12-8-11(4-1-2-5-11)10(13)9-3-6-14-7-9/h9-10,13H,1-8,12H2. The van der Waals surface area contributed by atoms with Crippen molar-refractivity contribution in [3.63, 3.8) is 0 Å². The van der Waals surface area contributed by atoms with E-state index in [1.54, 1.807) is 0 Å². The van der Waals surface area contributed by atoms with Crippen LogP contribution < -0.4 is 5.73 Å². The van der Waals surface area contributed by atoms with Gasteiger partial charge in [-0.25, -0.2) is 0 Å². The maximum atomic E-state index is 10.4. The zero-order valence-corrected chi connectivity index (χ0v) is 9.56. The smallest absolute Gasteiger partial charge is 0.0644 e. The summed E-state index contributed by atoms with van der Waals surface area (Å²) in [7, 11) is 0. The highest BCUT2D eigenvalue weighted by Gasteiger charge is 2.43. The van der Waals surface area contributed by atoms with Crippen LogP contribution in [0.5, 0.6) is 0 Å². The second kappa shape index (κ2) is 4.42. The van der Waals surface area contributed by atoms with Gasteiger partial charge in [-0.3, -0.25) is 0 Å². The Balaban J connectivity index is 2.02. The largest absolute Gasteiger partial charge is 0.392 e. The van der Waals surface area contributed by atoms with Gasteiger partial charge < -0.3 is 10.8 Å². The molecule has 0 amide bonds. The molecule has 0 bridgehead atoms. The number of aliphatic hydroxyl groups excluding tert-OH is 1. The van der Waals surface area contributed by atoms with E-state index in [2.05, 4.69) is 0 Å². The topological polar surface area (TPSA) is 46.2 Å². The van der Waals surface area contributed by atoms with E-state index in [0.717, 1.165) is 18.6 Å². The summed E-state index contributed by atoms with van der Waals surface area (Å²) in [5, 5.41) is 10.4. The second-order valence-corrected chi connectivity index (χ2v) is 5.99. The first-order chi connectivity index (χ1) is 6.78. The average Bonchev–Trinajstić information content (AvgIpc) is 2.89. The van der Waals surface area contributed by atoms with Crippen molar-refractivity contribution in [1.29, 1.82) is 0 Å². The molecule has 0 aromatic heterocycles. The van der Waals surface area contributed by atoms with Gasteiger partial charge in [0.1, 0.15) is 0 Å². The van der Waals surface area contributed by atoms with Crippen LogP contribution in [-0.2, 0) is 0 Å². The Morgan fingerprint density at radius 3 is 2.64 bits per heavy atom. The van der Waals surface area contributed by atoms with Gasteiger partial charge in [-0.1, -0.05) is 12.8 Å². The molecule has 0 aromatic carbocycles. The summed E-state index contributed by atoms with van der Waals surface area (Å²) in [5.74, 6) is 2.88. The van der Waals surface area contributed by atoms with Crippen LogP contribution in [0.25, 0.3) is 0 Å². The van der Waals surface area contributed by atoms with E-state index in [-0.39, 0.29) is 11.5 Å². The molecule has 2 unspecified atom stereocenters. The van der Waals surface area contributed by atoms with E-state index in [1.165, 1.54) is 25.0 Å². The molecule has 2 aliphatic rings. The van der Waals surface area contributed by atoms with Crippen LogP contribution in [0.3, 0.4) is 0 Å². The summed E-state index contributed by atoms with van der Waals surface area (Å²) in [6, 6.07) is 0. The van der Waals surface area contributed by atoms with Crippen molar-refractivity contribution in [1.82, 2.24) is 0 Å². The van der Waals surface area contributed by atoms with Gasteiger partial charge in [-0.05, 0) is 36.7 Å². The molecule has 1 aliphatic heterocycles. The van der Waals surface area contributed by atoms with Crippen LogP contribution >= 0.6 is 11.8 Å². The third-order valence-electron chi connectivity index (χ3n) is 4.04. The van der Waals surface area contributed by atoms with E-state index in [0.29, 0.717) is 12.5 Å². The molecule has 14 heavy (non-hydrogen) atoms. The first-order valence-electron chi connectivity index (χ1n) is 5.74. The van der Waals surface area contributed by atoms with E-state index >= 15 is 0 Å². The highest BCUT2D eigenvalue weighted by Crippen LogP contribution is 2.45. The molecule has 3 heteroatoms. The Kier molecular flexibility index (Phi) is 3.40. The summed E-state index contributed by atoms with van der Waals surface area (Å²) in [5.41, 5.74) is 5.95. The highest BCUT2D eigenvalue weighted by atomic mass is 32.2. The zero-order chi connectivity index (χ0) is 10.0. The predicted molar refractivity (Wildman–Crippen MR) is 61.4 cm³/mol. The van der Waals surface area contributed by atoms with Gasteiger partial charge in [0.25, 0.3) is 0 Å². The fourth-order valence-electron chi connectivity index (χ4n) is 3.00. The van der Waals surface area contributed by atoms with Crippen molar-refractivity contribution in [2.75, 3.05) is 18.1 Å². The molecular formula is C11H21NOS. The number of thioether (sulfide) groups is 1. The van der Waals surface area contributed by atoms with E-state index in [9.17, 15) is 5.11 Å². The minimum Gasteiger partial charge on any atom is -0.392 e. The molecule has 0 aromatic rings. The first-order valence-corrected chi connectivity index (χ1v) is 6.90. The van der Waals surface area contributed by atoms with Gasteiger partial charge in [0.05, 0.1) is 6.10 Å². The summed E-state index contributed by atoms with van der Waals surface area (Å²) < 4.78 is 0. The maximum Gasteiger partial charge on any atom is 0.0644 e. The van der Waals surface area contributed by atoms with Gasteiger partial charge in [0, 0.05) is 12.0 Å². The summed E-state index contributed by atoms with van der Waals surface area (Å²) in [6.45, 7) is 0.676. The minimum absolute atomic E-state index is 0.0789. The van der Waals surface area contributed by atoms with Crippen LogP contribution in [0.2, 0.25) is 0 Å². The molecule has 2 rings (SSSR count). The molecule has 2 fully saturated rings. The average molecular weight is 215 g/mol. The van der Waals surface area contributed by atoms with Crippen molar-refractivity contribution >= 4 is 11.8 Å². The Bertz CT molecular complexity index is 186. The lowest BCUT2D eigenvalue weighted by atomic mass is 9.75. The summed E-state index contributed by atoms with van der Waals surface area (Å²) >= 11 is 1.98. The molecule has 1 heterocycles. The van der Waals surface area contributed by atoms with Crippen LogP contribution in [0, 0.1) is 11.3 Å². The SMILES string of the molecule is NCC1(C(O)C2CCSC2)CCCC1. The zero-order valence-electron chi connectivity index (χ0n) is 8.74. The lowest BCUT2D eigenvalue weighted by molar-refractivity contribution is -0.00341. The molecule has 2 nitrogen and oxygen atoms in total. The number of nitrogens with two attached hydrogens (primary N) is 1. The molecule has 0 spiro atoms. The number of rotatable bonds is 3. The van der Waals surface area contributed by atoms with Gasteiger partial charge in [-0.2, -0.15) is 11.8 Å². The monoisotopic (exact) mass is 215 g/mol. The van der Waals surface area contributed by atoms with Crippen molar-refractivity contribution in [2.24, 2.45) is 17.1 Å². The van der Waals surface area contributed by atoms with Crippen molar-refractivity contribution in [3.05, 3.63) is 0 Å². The number of aliphatic hydroxyl groups is 1. The van der Waals surface area contributed by atoms with E-state index in [4.69, 9.17) is 5.73 Å².